The molecule has 1 fully saturated rings. The Labute approximate surface area is 145 Å². The summed E-state index contributed by atoms with van der Waals surface area (Å²) in [5.41, 5.74) is 0.335. The minimum Gasteiger partial charge on any atom is -0.504 e. The van der Waals surface area contributed by atoms with Crippen molar-refractivity contribution in [2.24, 2.45) is 5.92 Å². The molecule has 1 saturated heterocycles. The average molecular weight is 356 g/mol. The molecular weight excluding hydrogens is 332 g/mol. The van der Waals surface area contributed by atoms with Crippen molar-refractivity contribution in [1.29, 1.82) is 0 Å². The van der Waals surface area contributed by atoms with Crippen LogP contribution in [0.3, 0.4) is 0 Å². The van der Waals surface area contributed by atoms with E-state index < -0.39 is 5.97 Å². The summed E-state index contributed by atoms with van der Waals surface area (Å²) in [6, 6.07) is 4.34. The third-order valence-electron chi connectivity index (χ3n) is 4.19. The zero-order valence-electron chi connectivity index (χ0n) is 14.1. The van der Waals surface area contributed by atoms with Gasteiger partial charge in [0.2, 0.25) is 0 Å². The lowest BCUT2D eigenvalue weighted by molar-refractivity contribution is -0.492. The number of ether oxygens (including phenoxy) is 2. The van der Waals surface area contributed by atoms with Gasteiger partial charge in [-0.2, -0.15) is 0 Å². The van der Waals surface area contributed by atoms with Gasteiger partial charge >= 0.3 is 5.97 Å². The molecule has 0 spiro atoms. The van der Waals surface area contributed by atoms with Crippen molar-refractivity contribution in [1.82, 2.24) is 10.3 Å². The molecular formula is C16H24N2O7. The van der Waals surface area contributed by atoms with E-state index >= 15 is 0 Å². The van der Waals surface area contributed by atoms with Crippen molar-refractivity contribution < 1.29 is 34.6 Å². The number of hydrogen-bond acceptors (Lipinski definition) is 9. The second-order valence-corrected chi connectivity index (χ2v) is 5.86. The standard InChI is InChI=1S/C16H24N2O7/c1-23-15-10-13(2-3-14(15)19)16(20)24-11-12-4-6-17(7-5-12)8-9-25-18(21)22/h2-3,10,12,19,21-22H,4-9,11H2,1H3. The number of esters is 1. The van der Waals surface area contributed by atoms with Gasteiger partial charge in [0.05, 0.1) is 31.3 Å². The molecule has 1 aliphatic heterocycles. The smallest absolute Gasteiger partial charge is 0.338 e. The van der Waals surface area contributed by atoms with Crippen molar-refractivity contribution in [3.05, 3.63) is 23.8 Å². The van der Waals surface area contributed by atoms with Crippen molar-refractivity contribution in [2.75, 3.05) is 40.0 Å². The zero-order valence-corrected chi connectivity index (χ0v) is 14.1. The monoisotopic (exact) mass is 356 g/mol. The van der Waals surface area contributed by atoms with Crippen LogP contribution in [0, 0.1) is 5.92 Å². The minimum absolute atomic E-state index is 0.0269. The highest BCUT2D eigenvalue weighted by Gasteiger charge is 2.21. The van der Waals surface area contributed by atoms with Gasteiger partial charge in [0.25, 0.3) is 0 Å². The molecule has 1 aromatic carbocycles. The fourth-order valence-corrected chi connectivity index (χ4v) is 2.71. The lowest BCUT2D eigenvalue weighted by Gasteiger charge is -2.31. The van der Waals surface area contributed by atoms with Crippen LogP contribution in [0.15, 0.2) is 18.2 Å². The Morgan fingerprint density at radius 3 is 2.68 bits per heavy atom. The molecule has 0 unspecified atom stereocenters. The molecule has 1 aromatic rings. The first-order valence-electron chi connectivity index (χ1n) is 8.07. The first-order chi connectivity index (χ1) is 12.0. The van der Waals surface area contributed by atoms with Crippen LogP contribution >= 0.6 is 0 Å². The van der Waals surface area contributed by atoms with Gasteiger partial charge in [-0.3, -0.25) is 10.4 Å². The Bertz CT molecular complexity index is 559. The molecule has 0 atom stereocenters. The number of aromatic hydroxyl groups is 1. The first-order valence-corrected chi connectivity index (χ1v) is 8.07. The van der Waals surface area contributed by atoms with Crippen molar-refractivity contribution >= 4 is 5.97 Å². The first kappa shape index (κ1) is 19.4. The number of carbonyl (C=O) groups excluding carboxylic acids is 1. The maximum absolute atomic E-state index is 12.1. The van der Waals surface area contributed by atoms with Gasteiger partial charge in [-0.15, -0.1) is 0 Å². The molecule has 3 N–H and O–H groups in total. The van der Waals surface area contributed by atoms with Crippen molar-refractivity contribution in [2.45, 2.75) is 12.8 Å². The van der Waals surface area contributed by atoms with Crippen LogP contribution in [-0.4, -0.2) is 71.7 Å². The maximum Gasteiger partial charge on any atom is 0.338 e. The van der Waals surface area contributed by atoms with Gasteiger partial charge in [0, 0.05) is 6.54 Å². The SMILES string of the molecule is COc1cc(C(=O)OCC2CCN(CCON(O)O)CC2)ccc1O. The summed E-state index contributed by atoms with van der Waals surface area (Å²) < 4.78 is 10.3. The molecule has 2 rings (SSSR count). The number of carbonyl (C=O) groups is 1. The van der Waals surface area contributed by atoms with Crippen LogP contribution in [0.25, 0.3) is 0 Å². The fraction of sp³-hybridized carbons (Fsp3) is 0.562. The molecule has 9 nitrogen and oxygen atoms in total. The second-order valence-electron chi connectivity index (χ2n) is 5.86. The van der Waals surface area contributed by atoms with E-state index in [0.717, 1.165) is 25.9 Å². The zero-order chi connectivity index (χ0) is 18.2. The minimum atomic E-state index is -0.444. The highest BCUT2D eigenvalue weighted by molar-refractivity contribution is 5.90. The Morgan fingerprint density at radius 2 is 2.04 bits per heavy atom. The lowest BCUT2D eigenvalue weighted by atomic mass is 9.98. The quantitative estimate of drug-likeness (QED) is 0.468. The molecule has 9 heteroatoms. The van der Waals surface area contributed by atoms with E-state index in [0.29, 0.717) is 18.7 Å². The molecule has 1 aliphatic rings. The van der Waals surface area contributed by atoms with Crippen LogP contribution < -0.4 is 4.74 Å². The third-order valence-corrected chi connectivity index (χ3v) is 4.19. The number of benzene rings is 1. The summed E-state index contributed by atoms with van der Waals surface area (Å²) >= 11 is 0. The number of rotatable bonds is 8. The molecule has 0 amide bonds. The molecule has 1 heterocycles. The van der Waals surface area contributed by atoms with E-state index in [1.807, 2.05) is 0 Å². The van der Waals surface area contributed by atoms with E-state index in [2.05, 4.69) is 9.74 Å². The lowest BCUT2D eigenvalue weighted by Crippen LogP contribution is -2.38. The van der Waals surface area contributed by atoms with E-state index in [1.165, 1.54) is 25.3 Å². The summed E-state index contributed by atoms with van der Waals surface area (Å²) in [4.78, 5) is 18.8. The van der Waals surface area contributed by atoms with Gasteiger partial charge in [0.1, 0.15) is 0 Å². The largest absolute Gasteiger partial charge is 0.504 e. The second kappa shape index (κ2) is 9.54. The Hall–Kier alpha value is -1.91. The number of methoxy groups -OCH3 is 1. The summed E-state index contributed by atoms with van der Waals surface area (Å²) in [6.07, 6.45) is 1.77. The van der Waals surface area contributed by atoms with Crippen LogP contribution in [0.4, 0.5) is 0 Å². The Balaban J connectivity index is 1.71. The van der Waals surface area contributed by atoms with Crippen molar-refractivity contribution in [3.8, 4) is 11.5 Å². The van der Waals surface area contributed by atoms with Crippen LogP contribution in [-0.2, 0) is 9.57 Å². The number of nitrogens with zero attached hydrogens (tertiary/aromatic N) is 2. The Kier molecular flexibility index (Phi) is 7.41. The number of phenols is 1. The van der Waals surface area contributed by atoms with Crippen LogP contribution in [0.5, 0.6) is 11.5 Å². The summed E-state index contributed by atoms with van der Waals surface area (Å²) in [7, 11) is 1.42. The molecule has 0 bridgehead atoms. The van der Waals surface area contributed by atoms with E-state index in [1.54, 1.807) is 0 Å². The number of piperidine rings is 1. The fourth-order valence-electron chi connectivity index (χ4n) is 2.71. The number of phenolic OH excluding ortho intramolecular Hbond substituents is 1. The highest BCUT2D eigenvalue weighted by atomic mass is 17.1. The molecule has 0 radical (unpaired) electrons. The van der Waals surface area contributed by atoms with Gasteiger partial charge in [-0.05, 0) is 50.0 Å². The molecule has 0 aromatic heterocycles. The highest BCUT2D eigenvalue weighted by Crippen LogP contribution is 2.26. The van der Waals surface area contributed by atoms with Crippen molar-refractivity contribution in [3.63, 3.8) is 0 Å². The van der Waals surface area contributed by atoms with Crippen LogP contribution in [0.2, 0.25) is 0 Å². The third kappa shape index (κ3) is 6.15. The average Bonchev–Trinajstić information content (AvgIpc) is 2.61. The van der Waals surface area contributed by atoms with E-state index in [4.69, 9.17) is 19.9 Å². The molecule has 25 heavy (non-hydrogen) atoms. The molecule has 0 aliphatic carbocycles. The van der Waals surface area contributed by atoms with Gasteiger partial charge in [-0.1, -0.05) is 0 Å². The summed E-state index contributed by atoms with van der Waals surface area (Å²) in [5.74, 6) is 0.0441. The predicted octanol–water partition coefficient (Wildman–Crippen LogP) is 1.28. The number of likely N-dealkylation sites (tertiary alicyclic amines) is 1. The van der Waals surface area contributed by atoms with E-state index in [-0.39, 0.29) is 29.4 Å². The molecule has 140 valence electrons. The van der Waals surface area contributed by atoms with Gasteiger partial charge < -0.3 is 19.5 Å². The summed E-state index contributed by atoms with van der Waals surface area (Å²) in [6.45, 7) is 2.78. The molecule has 0 saturated carbocycles. The summed E-state index contributed by atoms with van der Waals surface area (Å²) in [5, 5.41) is 26.2. The maximum atomic E-state index is 12.1. The van der Waals surface area contributed by atoms with Crippen LogP contribution in [0.1, 0.15) is 23.2 Å². The Morgan fingerprint density at radius 1 is 1.32 bits per heavy atom. The van der Waals surface area contributed by atoms with Gasteiger partial charge in [0.15, 0.2) is 11.5 Å². The number of hydrogen-bond donors (Lipinski definition) is 3. The predicted molar refractivity (Wildman–Crippen MR) is 85.5 cm³/mol. The topological polar surface area (TPSA) is 112 Å². The van der Waals surface area contributed by atoms with E-state index in [9.17, 15) is 9.90 Å². The van der Waals surface area contributed by atoms with Gasteiger partial charge in [-0.25, -0.2) is 9.63 Å². The normalized spacial score (nSPS) is 16.2.